The standard InChI is InChI=1S/C24H33ClN14O2/c1-12-13(2)37(3)16-5-4-14(10-15(12)16)22(41)38-8-6-24(7-9-38)11-39(28)23(32-24)31-21(40)17-19(33-35-26)30-20(34-36-27)18(25)29-17/h4-5,10,19,23,30,32H,6-9,11,28H2,1-3H3,(H2,26,33)(H2,27,34)(H,31,40). The van der Waals surface area contributed by atoms with Crippen LogP contribution in [0.2, 0.25) is 0 Å². The SMILES string of the molecule is Cc1c(C)n(C)c2ccc(C(=O)N3CCC4(CC3)CN(N)C(NC(=O)C3=NC(Cl)=C(N=NN)NC3N=NN)N4)cc12. The van der Waals surface area contributed by atoms with Gasteiger partial charge in [-0.05, 0) is 50.5 Å². The molecule has 1 spiro atoms. The first kappa shape index (κ1) is 28.4. The monoisotopic (exact) mass is 584 g/mol. The first-order chi connectivity index (χ1) is 19.6. The second kappa shape index (κ2) is 11.0. The van der Waals surface area contributed by atoms with Crippen LogP contribution in [0.1, 0.15) is 34.5 Å². The average Bonchev–Trinajstić information content (AvgIpc) is 3.37. The van der Waals surface area contributed by atoms with Crippen LogP contribution < -0.4 is 33.5 Å². The van der Waals surface area contributed by atoms with Gasteiger partial charge in [-0.1, -0.05) is 22.0 Å². The van der Waals surface area contributed by atoms with E-state index in [9.17, 15) is 9.59 Å². The number of amides is 2. The molecular formula is C24H33ClN14O2. The molecule has 0 aliphatic carbocycles. The summed E-state index contributed by atoms with van der Waals surface area (Å²) in [6, 6.07) is 5.87. The number of piperidine rings is 1. The van der Waals surface area contributed by atoms with Gasteiger partial charge in [-0.15, -0.1) is 10.2 Å². The number of aromatic nitrogens is 1. The van der Waals surface area contributed by atoms with Crippen molar-refractivity contribution < 1.29 is 9.59 Å². The maximum Gasteiger partial charge on any atom is 0.272 e. The van der Waals surface area contributed by atoms with Crippen LogP contribution in [0.4, 0.5) is 0 Å². The van der Waals surface area contributed by atoms with Crippen LogP contribution in [0.15, 0.2) is 54.8 Å². The van der Waals surface area contributed by atoms with Gasteiger partial charge >= 0.3 is 0 Å². The minimum atomic E-state index is -1.07. The van der Waals surface area contributed by atoms with Gasteiger partial charge in [0.15, 0.2) is 22.9 Å². The number of nitrogens with one attached hydrogen (secondary N) is 3. The molecule has 0 bridgehead atoms. The number of hydrazine groups is 1. The topological polar surface area (TPSA) is 222 Å². The highest BCUT2D eigenvalue weighted by molar-refractivity contribution is 6.43. The van der Waals surface area contributed by atoms with Crippen molar-refractivity contribution in [3.63, 3.8) is 0 Å². The van der Waals surface area contributed by atoms with E-state index in [0.717, 1.165) is 10.9 Å². The Morgan fingerprint density at radius 1 is 1.20 bits per heavy atom. The summed E-state index contributed by atoms with van der Waals surface area (Å²) in [6.45, 7) is 5.70. The third-order valence-electron chi connectivity index (χ3n) is 8.11. The zero-order chi connectivity index (χ0) is 29.5. The molecule has 2 aromatic rings. The zero-order valence-corrected chi connectivity index (χ0v) is 23.7. The van der Waals surface area contributed by atoms with Crippen LogP contribution in [0.5, 0.6) is 0 Å². The zero-order valence-electron chi connectivity index (χ0n) is 22.9. The van der Waals surface area contributed by atoms with E-state index in [2.05, 4.69) is 60.0 Å². The molecule has 0 saturated carbocycles. The highest BCUT2D eigenvalue weighted by Gasteiger charge is 2.46. The lowest BCUT2D eigenvalue weighted by molar-refractivity contribution is -0.116. The van der Waals surface area contributed by atoms with Crippen LogP contribution in [0.25, 0.3) is 10.9 Å². The van der Waals surface area contributed by atoms with E-state index in [1.807, 2.05) is 30.1 Å². The predicted octanol–water partition coefficient (Wildman–Crippen LogP) is 0.336. The third kappa shape index (κ3) is 5.21. The Bertz CT molecular complexity index is 1500. The summed E-state index contributed by atoms with van der Waals surface area (Å²) in [5.41, 5.74) is 3.63. The van der Waals surface area contributed by atoms with Gasteiger partial charge in [-0.25, -0.2) is 10.0 Å². The average molecular weight is 585 g/mol. The Balaban J connectivity index is 1.24. The molecule has 4 heterocycles. The maximum atomic E-state index is 13.4. The van der Waals surface area contributed by atoms with Gasteiger partial charge in [0.25, 0.3) is 11.8 Å². The quantitative estimate of drug-likeness (QED) is 0.124. The molecule has 1 aromatic heterocycles. The number of aliphatic imine (C=N–C) groups is 1. The first-order valence-electron chi connectivity index (χ1n) is 13.0. The van der Waals surface area contributed by atoms with Gasteiger partial charge < -0.3 is 31.8 Å². The van der Waals surface area contributed by atoms with E-state index in [1.165, 1.54) is 16.3 Å². The molecule has 41 heavy (non-hydrogen) atoms. The highest BCUT2D eigenvalue weighted by Crippen LogP contribution is 2.30. The van der Waals surface area contributed by atoms with E-state index < -0.39 is 23.9 Å². The fourth-order valence-electron chi connectivity index (χ4n) is 5.62. The van der Waals surface area contributed by atoms with Crippen LogP contribution in [0, 0.1) is 13.8 Å². The van der Waals surface area contributed by atoms with Gasteiger partial charge in [0, 0.05) is 54.4 Å². The Morgan fingerprint density at radius 2 is 1.93 bits per heavy atom. The molecule has 3 aliphatic heterocycles. The number of carbonyl (C=O) groups excluding carboxylic acids is 2. The van der Waals surface area contributed by atoms with Crippen molar-refractivity contribution in [3.05, 3.63) is 46.0 Å². The molecule has 5 rings (SSSR count). The number of fused-ring (bicyclic) bond motifs is 1. The third-order valence-corrected chi connectivity index (χ3v) is 8.37. The largest absolute Gasteiger partial charge is 0.348 e. The number of carbonyl (C=O) groups is 2. The van der Waals surface area contributed by atoms with E-state index in [-0.39, 0.29) is 22.6 Å². The van der Waals surface area contributed by atoms with Crippen LogP contribution >= 0.6 is 11.6 Å². The Hall–Kier alpha value is -4.12. The number of hydrogen-bond donors (Lipinski definition) is 6. The molecule has 0 radical (unpaired) electrons. The van der Waals surface area contributed by atoms with Gasteiger partial charge in [0.1, 0.15) is 6.29 Å². The number of benzene rings is 1. The van der Waals surface area contributed by atoms with E-state index in [4.69, 9.17) is 29.1 Å². The molecule has 2 unspecified atom stereocenters. The summed E-state index contributed by atoms with van der Waals surface area (Å²) < 4.78 is 2.14. The van der Waals surface area contributed by atoms with Gasteiger partial charge in [-0.3, -0.25) is 20.7 Å². The molecule has 3 aliphatic rings. The lowest BCUT2D eigenvalue weighted by Crippen LogP contribution is -2.59. The molecule has 2 amide bonds. The van der Waals surface area contributed by atoms with Crippen molar-refractivity contribution in [2.24, 2.45) is 50.2 Å². The number of likely N-dealkylation sites (tertiary alicyclic amines) is 1. The van der Waals surface area contributed by atoms with Gasteiger partial charge in [0.2, 0.25) is 0 Å². The summed E-state index contributed by atoms with van der Waals surface area (Å²) in [5.74, 6) is 16.0. The number of nitrogens with zero attached hydrogens (tertiary/aromatic N) is 8. The van der Waals surface area contributed by atoms with E-state index in [0.29, 0.717) is 38.0 Å². The predicted molar refractivity (Wildman–Crippen MR) is 152 cm³/mol. The fraction of sp³-hybridized carbons (Fsp3) is 0.458. The lowest BCUT2D eigenvalue weighted by Gasteiger charge is -2.39. The molecule has 2 saturated heterocycles. The van der Waals surface area contributed by atoms with Crippen LogP contribution in [-0.4, -0.2) is 69.6 Å². The molecule has 218 valence electrons. The van der Waals surface area contributed by atoms with Crippen molar-refractivity contribution >= 4 is 40.0 Å². The maximum absolute atomic E-state index is 13.4. The minimum absolute atomic E-state index is 0.00324. The van der Waals surface area contributed by atoms with Crippen molar-refractivity contribution in [1.82, 2.24) is 30.4 Å². The number of aryl methyl sites for hydroxylation is 2. The molecule has 2 fully saturated rings. The van der Waals surface area contributed by atoms with Crippen LogP contribution in [-0.2, 0) is 11.8 Å². The molecule has 9 N–H and O–H groups in total. The number of halogens is 1. The molecule has 16 nitrogen and oxygen atoms in total. The highest BCUT2D eigenvalue weighted by atomic mass is 35.5. The molecule has 17 heteroatoms. The summed E-state index contributed by atoms with van der Waals surface area (Å²) in [5, 5.41) is 25.2. The van der Waals surface area contributed by atoms with E-state index >= 15 is 0 Å². The Morgan fingerprint density at radius 3 is 2.61 bits per heavy atom. The smallest absolute Gasteiger partial charge is 0.272 e. The first-order valence-corrected chi connectivity index (χ1v) is 13.4. The summed E-state index contributed by atoms with van der Waals surface area (Å²) in [6.07, 6.45) is -0.470. The van der Waals surface area contributed by atoms with Gasteiger partial charge in [-0.2, -0.15) is 0 Å². The summed E-state index contributed by atoms with van der Waals surface area (Å²) >= 11 is 6.11. The van der Waals surface area contributed by atoms with Crippen molar-refractivity contribution in [1.29, 1.82) is 0 Å². The normalized spacial score (nSPS) is 23.1. The van der Waals surface area contributed by atoms with Crippen molar-refractivity contribution in [2.75, 3.05) is 19.6 Å². The lowest BCUT2D eigenvalue weighted by atomic mass is 9.88. The second-order valence-electron chi connectivity index (χ2n) is 10.4. The number of rotatable bonds is 5. The minimum Gasteiger partial charge on any atom is -0.348 e. The van der Waals surface area contributed by atoms with Gasteiger partial charge in [0.05, 0.1) is 0 Å². The summed E-state index contributed by atoms with van der Waals surface area (Å²) in [4.78, 5) is 32.5. The number of nitrogens with two attached hydrogens (primary N) is 3. The van der Waals surface area contributed by atoms with Crippen molar-refractivity contribution in [3.8, 4) is 0 Å². The number of hydrogen-bond acceptors (Lipinski definition) is 11. The van der Waals surface area contributed by atoms with Crippen LogP contribution in [0.3, 0.4) is 0 Å². The Kier molecular flexibility index (Phi) is 7.65. The second-order valence-corrected chi connectivity index (χ2v) is 10.8. The molecular weight excluding hydrogens is 552 g/mol. The molecule has 2 atom stereocenters. The summed E-state index contributed by atoms with van der Waals surface area (Å²) in [7, 11) is 2.03. The van der Waals surface area contributed by atoms with Crippen molar-refractivity contribution in [2.45, 2.75) is 44.7 Å². The molecule has 1 aromatic carbocycles. The fourth-order valence-corrected chi connectivity index (χ4v) is 5.80. The van der Waals surface area contributed by atoms with E-state index in [1.54, 1.807) is 0 Å². The Labute approximate surface area is 240 Å².